The maximum absolute atomic E-state index is 14.3. The molecule has 2 N–H and O–H groups in total. The minimum atomic E-state index is -0.543. The predicted molar refractivity (Wildman–Crippen MR) is 97.2 cm³/mol. The molecule has 5 heteroatoms. The number of benzene rings is 1. The molecule has 1 amide bonds. The van der Waals surface area contributed by atoms with Gasteiger partial charge in [-0.25, -0.2) is 4.39 Å². The molecule has 2 aromatic rings. The number of nitrogens with zero attached hydrogens (tertiary/aromatic N) is 1. The molecule has 0 spiro atoms. The van der Waals surface area contributed by atoms with Crippen LogP contribution in [0.1, 0.15) is 56.9 Å². The van der Waals surface area contributed by atoms with Gasteiger partial charge in [0.2, 0.25) is 5.91 Å². The summed E-state index contributed by atoms with van der Waals surface area (Å²) in [5, 5.41) is 11.3. The smallest absolute Gasteiger partial charge is 0.223 e. The summed E-state index contributed by atoms with van der Waals surface area (Å²) < 4.78 is 14.3. The summed E-state index contributed by atoms with van der Waals surface area (Å²) >= 11 is 0. The number of aliphatic hydroxyl groups is 1. The van der Waals surface area contributed by atoms with Crippen molar-refractivity contribution >= 4 is 16.8 Å². The lowest BCUT2D eigenvalue weighted by molar-refractivity contribution is -0.174. The molecule has 1 aromatic heterocycles. The van der Waals surface area contributed by atoms with Gasteiger partial charge in [-0.2, -0.15) is 0 Å². The molecule has 0 radical (unpaired) electrons. The van der Waals surface area contributed by atoms with E-state index in [1.165, 1.54) is 6.07 Å². The van der Waals surface area contributed by atoms with Gasteiger partial charge in [0.1, 0.15) is 5.82 Å². The van der Waals surface area contributed by atoms with Gasteiger partial charge in [0, 0.05) is 35.6 Å². The van der Waals surface area contributed by atoms with Crippen LogP contribution in [0.5, 0.6) is 0 Å². The van der Waals surface area contributed by atoms with Crippen molar-refractivity contribution < 1.29 is 14.3 Å². The van der Waals surface area contributed by atoms with Gasteiger partial charge in [-0.3, -0.25) is 4.79 Å². The third-order valence-electron chi connectivity index (χ3n) is 6.88. The van der Waals surface area contributed by atoms with Gasteiger partial charge in [0.05, 0.1) is 5.60 Å². The second-order valence-corrected chi connectivity index (χ2v) is 8.79. The van der Waals surface area contributed by atoms with Crippen LogP contribution in [-0.2, 0) is 4.79 Å². The average molecular weight is 356 g/mol. The third-order valence-corrected chi connectivity index (χ3v) is 6.88. The van der Waals surface area contributed by atoms with Crippen LogP contribution in [0, 0.1) is 11.7 Å². The summed E-state index contributed by atoms with van der Waals surface area (Å²) in [5.74, 6) is 0.436. The quantitative estimate of drug-likeness (QED) is 0.881. The lowest BCUT2D eigenvalue weighted by Crippen LogP contribution is -2.65. The molecule has 4 aliphatic rings. The summed E-state index contributed by atoms with van der Waals surface area (Å²) in [6.45, 7) is 2.00. The molecule has 2 saturated carbocycles. The average Bonchev–Trinajstić information content (AvgIpc) is 2.98. The monoisotopic (exact) mass is 356 g/mol. The number of carbonyl (C=O) groups excluding carboxylic acids is 1. The Morgan fingerprint density at radius 1 is 1.35 bits per heavy atom. The summed E-state index contributed by atoms with van der Waals surface area (Å²) in [6, 6.07) is 5.39. The third kappa shape index (κ3) is 2.40. The van der Waals surface area contributed by atoms with E-state index < -0.39 is 5.60 Å². The number of rotatable bonds is 3. The molecule has 4 nitrogen and oxygen atoms in total. The Bertz CT molecular complexity index is 860. The number of nitrogens with one attached hydrogen (secondary N) is 1. The van der Waals surface area contributed by atoms with E-state index in [1.807, 2.05) is 19.2 Å². The van der Waals surface area contributed by atoms with Crippen molar-refractivity contribution in [2.24, 2.45) is 5.92 Å². The molecule has 1 aromatic carbocycles. The molecule has 4 fully saturated rings. The van der Waals surface area contributed by atoms with Crippen molar-refractivity contribution in [2.75, 3.05) is 0 Å². The SMILES string of the molecule is CC(CC(=O)N1C2CC3CC1CC(O)(C3)C2)c1c[nH]c2cccc(F)c12. The topological polar surface area (TPSA) is 56.3 Å². The number of H-pyrrole nitrogens is 1. The van der Waals surface area contributed by atoms with Crippen LogP contribution >= 0.6 is 0 Å². The number of hydrogen-bond donors (Lipinski definition) is 2. The van der Waals surface area contributed by atoms with Gasteiger partial charge < -0.3 is 15.0 Å². The Labute approximate surface area is 152 Å². The van der Waals surface area contributed by atoms with Crippen molar-refractivity contribution in [2.45, 2.75) is 69.1 Å². The fourth-order valence-electron chi connectivity index (χ4n) is 6.02. The van der Waals surface area contributed by atoms with E-state index in [1.54, 1.807) is 6.07 Å². The van der Waals surface area contributed by atoms with E-state index in [4.69, 9.17) is 0 Å². The van der Waals surface area contributed by atoms with E-state index in [-0.39, 0.29) is 29.7 Å². The largest absolute Gasteiger partial charge is 0.390 e. The van der Waals surface area contributed by atoms with Gasteiger partial charge in [-0.1, -0.05) is 13.0 Å². The Hall–Kier alpha value is -1.88. The Balaban J connectivity index is 1.37. The molecular weight excluding hydrogens is 331 g/mol. The molecule has 3 atom stereocenters. The van der Waals surface area contributed by atoms with Crippen molar-refractivity contribution in [3.05, 3.63) is 35.8 Å². The molecule has 4 bridgehead atoms. The summed E-state index contributed by atoms with van der Waals surface area (Å²) in [7, 11) is 0. The Morgan fingerprint density at radius 2 is 2.08 bits per heavy atom. The number of piperidine rings is 2. The van der Waals surface area contributed by atoms with Gasteiger partial charge >= 0.3 is 0 Å². The van der Waals surface area contributed by atoms with Crippen LogP contribution in [-0.4, -0.2) is 38.6 Å². The van der Waals surface area contributed by atoms with Crippen molar-refractivity contribution in [3.8, 4) is 0 Å². The second-order valence-electron chi connectivity index (χ2n) is 8.79. The zero-order valence-electron chi connectivity index (χ0n) is 15.0. The van der Waals surface area contributed by atoms with E-state index in [9.17, 15) is 14.3 Å². The lowest BCUT2D eigenvalue weighted by atomic mass is 9.61. The van der Waals surface area contributed by atoms with Gasteiger partial charge in [-0.05, 0) is 61.6 Å². The highest BCUT2D eigenvalue weighted by Gasteiger charge is 2.54. The molecule has 3 heterocycles. The summed E-state index contributed by atoms with van der Waals surface area (Å²) in [5.41, 5.74) is 1.10. The standard InChI is InChI=1S/C21H25FN2O2/c1-12(16-11-23-18-4-2-3-17(22)20(16)18)5-19(25)24-14-6-13-7-15(24)10-21(26,8-13)9-14/h2-4,11-15,23,26H,5-10H2,1H3. The first-order chi connectivity index (χ1) is 12.4. The van der Waals surface area contributed by atoms with Crippen molar-refractivity contribution in [1.29, 1.82) is 0 Å². The molecule has 2 saturated heterocycles. The molecule has 3 unspecified atom stereocenters. The Kier molecular flexibility index (Phi) is 3.48. The molecule has 6 rings (SSSR count). The normalized spacial score (nSPS) is 33.8. The van der Waals surface area contributed by atoms with Crippen LogP contribution < -0.4 is 0 Å². The van der Waals surface area contributed by atoms with Crippen molar-refractivity contribution in [3.63, 3.8) is 0 Å². The highest BCUT2D eigenvalue weighted by atomic mass is 19.1. The van der Waals surface area contributed by atoms with Gasteiger partial charge in [0.15, 0.2) is 0 Å². The number of halogens is 1. The molecule has 2 aliphatic carbocycles. The lowest BCUT2D eigenvalue weighted by Gasteiger charge is -2.59. The first-order valence-electron chi connectivity index (χ1n) is 9.72. The maximum Gasteiger partial charge on any atom is 0.223 e. The van der Waals surface area contributed by atoms with Crippen molar-refractivity contribution in [1.82, 2.24) is 9.88 Å². The molecule has 138 valence electrons. The summed E-state index contributed by atoms with van der Waals surface area (Å²) in [4.78, 5) is 18.3. The first kappa shape index (κ1) is 16.3. The minimum absolute atomic E-state index is 0.0478. The summed E-state index contributed by atoms with van der Waals surface area (Å²) in [6.07, 6.45) is 6.63. The minimum Gasteiger partial charge on any atom is -0.390 e. The first-order valence-corrected chi connectivity index (χ1v) is 9.72. The number of hydrogen-bond acceptors (Lipinski definition) is 2. The fraction of sp³-hybridized carbons (Fsp3) is 0.571. The van der Waals surface area contributed by atoms with Gasteiger partial charge in [-0.15, -0.1) is 0 Å². The van der Waals surface area contributed by atoms with Gasteiger partial charge in [0.25, 0.3) is 0 Å². The Morgan fingerprint density at radius 3 is 2.77 bits per heavy atom. The molecule has 2 aliphatic heterocycles. The highest BCUT2D eigenvalue weighted by Crippen LogP contribution is 2.51. The van der Waals surface area contributed by atoms with E-state index >= 15 is 0 Å². The number of fused-ring (bicyclic) bond motifs is 1. The number of amides is 1. The van der Waals surface area contributed by atoms with E-state index in [2.05, 4.69) is 9.88 Å². The second kappa shape index (κ2) is 5.56. The number of carbonyl (C=O) groups is 1. The fourth-order valence-corrected chi connectivity index (χ4v) is 6.02. The van der Waals surface area contributed by atoms with Crippen LogP contribution in [0.15, 0.2) is 24.4 Å². The molecular formula is C21H25FN2O2. The van der Waals surface area contributed by atoms with Crippen LogP contribution in [0.3, 0.4) is 0 Å². The van der Waals surface area contributed by atoms with E-state index in [0.717, 1.165) is 43.2 Å². The number of aromatic amines is 1. The van der Waals surface area contributed by atoms with Crippen LogP contribution in [0.2, 0.25) is 0 Å². The van der Waals surface area contributed by atoms with E-state index in [0.29, 0.717) is 17.7 Å². The number of aromatic nitrogens is 1. The molecule has 26 heavy (non-hydrogen) atoms. The maximum atomic E-state index is 14.3. The zero-order valence-corrected chi connectivity index (χ0v) is 15.0. The van der Waals surface area contributed by atoms with Crippen LogP contribution in [0.25, 0.3) is 10.9 Å². The van der Waals surface area contributed by atoms with Crippen LogP contribution in [0.4, 0.5) is 4.39 Å². The highest BCUT2D eigenvalue weighted by molar-refractivity contribution is 5.86. The zero-order chi connectivity index (χ0) is 18.1. The predicted octanol–water partition coefficient (Wildman–Crippen LogP) is 3.71.